The molecule has 1 fully saturated rings. The molecule has 1 aliphatic carbocycles. The molecule has 5 nitrogen and oxygen atoms in total. The van der Waals surface area contributed by atoms with E-state index in [4.69, 9.17) is 9.84 Å². The van der Waals surface area contributed by atoms with Crippen LogP contribution in [0.4, 0.5) is 0 Å². The topological polar surface area (TPSA) is 64.4 Å². The third-order valence-electron chi connectivity index (χ3n) is 4.37. The molecule has 1 aromatic rings. The minimum absolute atomic E-state index is 0.0777. The zero-order valence-corrected chi connectivity index (χ0v) is 11.4. The molecule has 0 amide bonds. The van der Waals surface area contributed by atoms with Crippen LogP contribution in [0.5, 0.6) is 0 Å². The third kappa shape index (κ3) is 2.16. The predicted octanol–water partition coefficient (Wildman–Crippen LogP) is 1.85. The molecule has 0 aromatic carbocycles. The molecule has 0 bridgehead atoms. The molecule has 5 heteroatoms. The maximum absolute atomic E-state index is 11.1. The van der Waals surface area contributed by atoms with Crippen molar-refractivity contribution in [2.75, 3.05) is 0 Å². The number of aliphatic carboxylic acids is 1. The van der Waals surface area contributed by atoms with Crippen LogP contribution in [-0.4, -0.2) is 26.7 Å². The van der Waals surface area contributed by atoms with Gasteiger partial charge in [0, 0.05) is 19.2 Å². The van der Waals surface area contributed by atoms with Crippen LogP contribution < -0.4 is 0 Å². The van der Waals surface area contributed by atoms with Crippen LogP contribution in [0.2, 0.25) is 0 Å². The van der Waals surface area contributed by atoms with Gasteiger partial charge in [-0.1, -0.05) is 0 Å². The van der Waals surface area contributed by atoms with Crippen LogP contribution >= 0.6 is 0 Å². The molecule has 1 aromatic heterocycles. The average Bonchev–Trinajstić information content (AvgIpc) is 2.93. The minimum atomic E-state index is -0.705. The first-order chi connectivity index (χ1) is 9.06. The number of aromatic nitrogens is 2. The summed E-state index contributed by atoms with van der Waals surface area (Å²) in [5.74, 6) is -0.0114. The molecule has 104 valence electrons. The van der Waals surface area contributed by atoms with Crippen molar-refractivity contribution in [3.05, 3.63) is 17.2 Å². The minimum Gasteiger partial charge on any atom is -0.481 e. The summed E-state index contributed by atoms with van der Waals surface area (Å²) in [7, 11) is 2.02. The van der Waals surface area contributed by atoms with Gasteiger partial charge >= 0.3 is 5.97 Å². The van der Waals surface area contributed by atoms with Crippen molar-refractivity contribution in [2.45, 2.75) is 51.2 Å². The van der Waals surface area contributed by atoms with E-state index in [-0.39, 0.29) is 12.0 Å². The van der Waals surface area contributed by atoms with Crippen LogP contribution in [-0.2, 0) is 29.4 Å². The Hall–Kier alpha value is -1.36. The Morgan fingerprint density at radius 3 is 2.84 bits per heavy atom. The van der Waals surface area contributed by atoms with Crippen molar-refractivity contribution < 1.29 is 14.6 Å². The number of carboxylic acid groups (broad SMARTS) is 1. The summed E-state index contributed by atoms with van der Waals surface area (Å²) >= 11 is 0. The smallest absolute Gasteiger partial charge is 0.306 e. The highest BCUT2D eigenvalue weighted by Gasteiger charge is 2.32. The van der Waals surface area contributed by atoms with Gasteiger partial charge in [0.05, 0.1) is 17.7 Å². The van der Waals surface area contributed by atoms with E-state index in [1.54, 1.807) is 0 Å². The van der Waals surface area contributed by atoms with Crippen molar-refractivity contribution in [3.63, 3.8) is 0 Å². The van der Waals surface area contributed by atoms with Crippen molar-refractivity contribution in [3.8, 4) is 0 Å². The summed E-state index contributed by atoms with van der Waals surface area (Å²) in [5, 5.41) is 9.13. The highest BCUT2D eigenvalue weighted by molar-refractivity contribution is 5.70. The molecule has 0 saturated carbocycles. The van der Waals surface area contributed by atoms with E-state index in [0.717, 1.165) is 30.8 Å². The second kappa shape index (κ2) is 4.63. The Morgan fingerprint density at radius 2 is 2.21 bits per heavy atom. The predicted molar refractivity (Wildman–Crippen MR) is 68.9 cm³/mol. The summed E-state index contributed by atoms with van der Waals surface area (Å²) in [5.41, 5.74) is 2.15. The van der Waals surface area contributed by atoms with Gasteiger partial charge in [-0.2, -0.15) is 0 Å². The average molecular weight is 264 g/mol. The first kappa shape index (κ1) is 12.7. The third-order valence-corrected chi connectivity index (χ3v) is 4.37. The molecule has 1 N–H and O–H groups in total. The Labute approximate surface area is 112 Å². The van der Waals surface area contributed by atoms with Crippen molar-refractivity contribution in [2.24, 2.45) is 13.0 Å². The maximum Gasteiger partial charge on any atom is 0.306 e. The highest BCUT2D eigenvalue weighted by atomic mass is 16.5. The van der Waals surface area contributed by atoms with Gasteiger partial charge in [0.1, 0.15) is 11.9 Å². The lowest BCUT2D eigenvalue weighted by atomic mass is 9.90. The van der Waals surface area contributed by atoms with Crippen molar-refractivity contribution in [1.82, 2.24) is 9.55 Å². The SMILES string of the molecule is CC1CCC(c2nc3c(n2C)CCC(C(=O)O)C3)O1. The fourth-order valence-electron chi connectivity index (χ4n) is 3.22. The molecule has 1 saturated heterocycles. The molecule has 2 aliphatic rings. The van der Waals surface area contributed by atoms with Gasteiger partial charge in [0.25, 0.3) is 0 Å². The highest BCUT2D eigenvalue weighted by Crippen LogP contribution is 2.34. The number of carbonyl (C=O) groups is 1. The number of hydrogen-bond acceptors (Lipinski definition) is 3. The Morgan fingerprint density at radius 1 is 1.42 bits per heavy atom. The number of rotatable bonds is 2. The number of carboxylic acids is 1. The summed E-state index contributed by atoms with van der Waals surface area (Å²) < 4.78 is 8.00. The molecule has 3 unspecified atom stereocenters. The summed E-state index contributed by atoms with van der Waals surface area (Å²) in [6.45, 7) is 2.09. The van der Waals surface area contributed by atoms with E-state index in [1.807, 2.05) is 7.05 Å². The van der Waals surface area contributed by atoms with Crippen LogP contribution in [0, 0.1) is 5.92 Å². The van der Waals surface area contributed by atoms with E-state index in [2.05, 4.69) is 16.5 Å². The van der Waals surface area contributed by atoms with Gasteiger partial charge in [-0.25, -0.2) is 4.98 Å². The number of fused-ring (bicyclic) bond motifs is 1. The molecular formula is C14H20N2O3. The second-order valence-corrected chi connectivity index (χ2v) is 5.71. The van der Waals surface area contributed by atoms with Gasteiger partial charge in [0.15, 0.2) is 0 Å². The lowest BCUT2D eigenvalue weighted by Crippen LogP contribution is -2.22. The molecule has 0 radical (unpaired) electrons. The quantitative estimate of drug-likeness (QED) is 0.885. The molecule has 2 heterocycles. The second-order valence-electron chi connectivity index (χ2n) is 5.71. The fraction of sp³-hybridized carbons (Fsp3) is 0.714. The lowest BCUT2D eigenvalue weighted by Gasteiger charge is -2.18. The van der Waals surface area contributed by atoms with Gasteiger partial charge < -0.3 is 14.4 Å². The number of ether oxygens (including phenoxy) is 1. The zero-order chi connectivity index (χ0) is 13.6. The Kier molecular flexibility index (Phi) is 3.09. The number of hydrogen-bond donors (Lipinski definition) is 1. The summed E-state index contributed by atoms with van der Waals surface area (Å²) in [4.78, 5) is 15.8. The van der Waals surface area contributed by atoms with Crippen LogP contribution in [0.15, 0.2) is 0 Å². The molecule has 1 aliphatic heterocycles. The van der Waals surface area contributed by atoms with Gasteiger partial charge in [-0.15, -0.1) is 0 Å². The maximum atomic E-state index is 11.1. The van der Waals surface area contributed by atoms with Gasteiger partial charge in [-0.3, -0.25) is 4.79 Å². The summed E-state index contributed by atoms with van der Waals surface area (Å²) in [6, 6.07) is 0. The van der Waals surface area contributed by atoms with E-state index in [0.29, 0.717) is 18.9 Å². The van der Waals surface area contributed by atoms with E-state index in [1.165, 1.54) is 5.69 Å². The largest absolute Gasteiger partial charge is 0.481 e. The molecule has 3 rings (SSSR count). The van der Waals surface area contributed by atoms with Crippen molar-refractivity contribution in [1.29, 1.82) is 0 Å². The first-order valence-corrected chi connectivity index (χ1v) is 6.99. The number of nitrogens with zero attached hydrogens (tertiary/aromatic N) is 2. The van der Waals surface area contributed by atoms with Crippen LogP contribution in [0.3, 0.4) is 0 Å². The van der Waals surface area contributed by atoms with Crippen LogP contribution in [0.1, 0.15) is 49.5 Å². The monoisotopic (exact) mass is 264 g/mol. The van der Waals surface area contributed by atoms with E-state index < -0.39 is 5.97 Å². The van der Waals surface area contributed by atoms with Crippen LogP contribution in [0.25, 0.3) is 0 Å². The van der Waals surface area contributed by atoms with Crippen molar-refractivity contribution >= 4 is 5.97 Å². The van der Waals surface area contributed by atoms with E-state index in [9.17, 15) is 4.79 Å². The molecular weight excluding hydrogens is 244 g/mol. The molecule has 3 atom stereocenters. The lowest BCUT2D eigenvalue weighted by molar-refractivity contribution is -0.142. The van der Waals surface area contributed by atoms with Gasteiger partial charge in [-0.05, 0) is 32.6 Å². The Balaban J connectivity index is 1.87. The Bertz CT molecular complexity index is 509. The molecule has 19 heavy (non-hydrogen) atoms. The van der Waals surface area contributed by atoms with E-state index >= 15 is 0 Å². The van der Waals surface area contributed by atoms with Gasteiger partial charge in [0.2, 0.25) is 0 Å². The molecule has 0 spiro atoms. The zero-order valence-electron chi connectivity index (χ0n) is 11.4. The standard InChI is InChI=1S/C14H20N2O3/c1-8-3-6-12(19-8)13-15-10-7-9(14(17)18)4-5-11(10)16(13)2/h8-9,12H,3-7H2,1-2H3,(H,17,18). The number of imidazole rings is 1. The fourth-order valence-corrected chi connectivity index (χ4v) is 3.22. The first-order valence-electron chi connectivity index (χ1n) is 6.99. The summed E-state index contributed by atoms with van der Waals surface area (Å²) in [6.07, 6.45) is 4.52. The normalized spacial score (nSPS) is 30.3.